The molecule has 1 aromatic rings. The molecule has 1 unspecified atom stereocenters. The standard InChI is InChI=1S/C21H34N6O.HI/c1-20(2)14-27(21(20,3)4)19(23-5)25-12-15-8-6-10-24-18(15)26-11-7-9-16(13-26)17(22)28;/h6,8,10,16H,7,9,11-14H2,1-5H3,(H2,22,28)(H,23,25);1H. The van der Waals surface area contributed by atoms with Gasteiger partial charge in [0.1, 0.15) is 5.82 Å². The first-order valence-electron chi connectivity index (χ1n) is 10.1. The number of nitrogens with one attached hydrogen (secondary N) is 1. The maximum absolute atomic E-state index is 11.6. The highest BCUT2D eigenvalue weighted by molar-refractivity contribution is 14.0. The molecule has 2 saturated heterocycles. The number of hydrogen-bond acceptors (Lipinski definition) is 4. The molecule has 3 heterocycles. The normalized spacial score (nSPS) is 23.1. The highest BCUT2D eigenvalue weighted by atomic mass is 127. The number of aliphatic imine (C=N–C) groups is 1. The van der Waals surface area contributed by atoms with E-state index in [0.29, 0.717) is 13.1 Å². The van der Waals surface area contributed by atoms with Gasteiger partial charge in [0, 0.05) is 55.9 Å². The number of primary amides is 1. The molecule has 0 saturated carbocycles. The van der Waals surface area contributed by atoms with E-state index in [0.717, 1.165) is 43.3 Å². The van der Waals surface area contributed by atoms with E-state index < -0.39 is 0 Å². The lowest BCUT2D eigenvalue weighted by atomic mass is 9.65. The van der Waals surface area contributed by atoms with Crippen molar-refractivity contribution in [3.8, 4) is 0 Å². The number of pyridine rings is 1. The Bertz CT molecular complexity index is 763. The lowest BCUT2D eigenvalue weighted by molar-refractivity contribution is -0.122. The number of amides is 1. The summed E-state index contributed by atoms with van der Waals surface area (Å²) in [6.07, 6.45) is 3.62. The Morgan fingerprint density at radius 2 is 2.10 bits per heavy atom. The number of likely N-dealkylation sites (tertiary alicyclic amines) is 1. The molecule has 7 nitrogen and oxygen atoms in total. The molecule has 162 valence electrons. The molecule has 0 aromatic carbocycles. The molecule has 2 aliphatic heterocycles. The maximum Gasteiger partial charge on any atom is 0.222 e. The van der Waals surface area contributed by atoms with Crippen LogP contribution in [0.4, 0.5) is 5.82 Å². The molecule has 0 aliphatic carbocycles. The Balaban J connectivity index is 0.00000300. The minimum absolute atomic E-state index is 0. The Morgan fingerprint density at radius 3 is 2.69 bits per heavy atom. The molecule has 1 aromatic heterocycles. The van der Waals surface area contributed by atoms with Crippen molar-refractivity contribution in [2.75, 3.05) is 31.6 Å². The van der Waals surface area contributed by atoms with Crippen LogP contribution in [0.2, 0.25) is 0 Å². The third-order valence-corrected chi connectivity index (χ3v) is 6.78. The molecule has 2 fully saturated rings. The van der Waals surface area contributed by atoms with E-state index >= 15 is 0 Å². The van der Waals surface area contributed by atoms with Crippen LogP contribution >= 0.6 is 24.0 Å². The fourth-order valence-electron chi connectivity index (χ4n) is 4.12. The van der Waals surface area contributed by atoms with Gasteiger partial charge in [0.2, 0.25) is 5.91 Å². The molecular weight excluding hydrogens is 479 g/mol. The molecule has 29 heavy (non-hydrogen) atoms. The summed E-state index contributed by atoms with van der Waals surface area (Å²) in [4.78, 5) is 25.3. The Morgan fingerprint density at radius 1 is 1.38 bits per heavy atom. The van der Waals surface area contributed by atoms with Gasteiger partial charge < -0.3 is 20.9 Å². The summed E-state index contributed by atoms with van der Waals surface area (Å²) in [7, 11) is 1.83. The van der Waals surface area contributed by atoms with Crippen LogP contribution in [-0.2, 0) is 11.3 Å². The fourth-order valence-corrected chi connectivity index (χ4v) is 4.12. The Hall–Kier alpha value is -1.58. The number of nitrogens with zero attached hydrogens (tertiary/aromatic N) is 4. The fraction of sp³-hybridized carbons (Fsp3) is 0.667. The van der Waals surface area contributed by atoms with Crippen molar-refractivity contribution in [2.24, 2.45) is 22.1 Å². The number of halogens is 1. The predicted octanol–water partition coefficient (Wildman–Crippen LogP) is 2.60. The van der Waals surface area contributed by atoms with E-state index in [1.807, 2.05) is 19.3 Å². The average Bonchev–Trinajstić information content (AvgIpc) is 2.68. The third kappa shape index (κ3) is 4.62. The number of carbonyl (C=O) groups is 1. The SMILES string of the molecule is CN=C(NCc1cccnc1N1CCCC(C(N)=O)C1)N1CC(C)(C)C1(C)C.I. The molecule has 2 aliphatic rings. The average molecular weight is 514 g/mol. The minimum atomic E-state index is -0.219. The first-order valence-corrected chi connectivity index (χ1v) is 10.1. The maximum atomic E-state index is 11.6. The minimum Gasteiger partial charge on any atom is -0.369 e. The molecule has 1 amide bonds. The van der Waals surface area contributed by atoms with E-state index in [2.05, 4.69) is 58.9 Å². The summed E-state index contributed by atoms with van der Waals surface area (Å²) in [5, 5.41) is 3.51. The molecule has 0 radical (unpaired) electrons. The predicted molar refractivity (Wildman–Crippen MR) is 129 cm³/mol. The van der Waals surface area contributed by atoms with Gasteiger partial charge in [0.15, 0.2) is 5.96 Å². The summed E-state index contributed by atoms with van der Waals surface area (Å²) in [6, 6.07) is 4.04. The van der Waals surface area contributed by atoms with Gasteiger partial charge in [-0.3, -0.25) is 9.79 Å². The van der Waals surface area contributed by atoms with Crippen LogP contribution in [0.1, 0.15) is 46.1 Å². The second-order valence-corrected chi connectivity index (χ2v) is 9.10. The van der Waals surface area contributed by atoms with Crippen molar-refractivity contribution in [3.63, 3.8) is 0 Å². The van der Waals surface area contributed by atoms with Crippen LogP contribution < -0.4 is 16.0 Å². The molecule has 0 spiro atoms. The first kappa shape index (κ1) is 23.7. The van der Waals surface area contributed by atoms with Crippen molar-refractivity contribution in [1.82, 2.24) is 15.2 Å². The van der Waals surface area contributed by atoms with Gasteiger partial charge in [-0.1, -0.05) is 19.9 Å². The third-order valence-electron chi connectivity index (χ3n) is 6.78. The van der Waals surface area contributed by atoms with Crippen molar-refractivity contribution >= 4 is 41.7 Å². The Labute approximate surface area is 191 Å². The lowest BCUT2D eigenvalue weighted by Crippen LogP contribution is -2.72. The van der Waals surface area contributed by atoms with E-state index in [1.54, 1.807) is 0 Å². The summed E-state index contributed by atoms with van der Waals surface area (Å²) in [6.45, 7) is 12.3. The first-order chi connectivity index (χ1) is 13.2. The van der Waals surface area contributed by atoms with Gasteiger partial charge in [-0.05, 0) is 32.8 Å². The molecule has 1 atom stereocenters. The monoisotopic (exact) mass is 514 g/mol. The van der Waals surface area contributed by atoms with Gasteiger partial charge in [-0.15, -0.1) is 24.0 Å². The second-order valence-electron chi connectivity index (χ2n) is 9.10. The van der Waals surface area contributed by atoms with Crippen molar-refractivity contribution < 1.29 is 4.79 Å². The van der Waals surface area contributed by atoms with Crippen molar-refractivity contribution in [2.45, 2.75) is 52.6 Å². The highest BCUT2D eigenvalue weighted by Gasteiger charge is 2.53. The topological polar surface area (TPSA) is 86.9 Å². The zero-order valence-electron chi connectivity index (χ0n) is 18.2. The molecule has 8 heteroatoms. The second kappa shape index (κ2) is 9.06. The van der Waals surface area contributed by atoms with Crippen LogP contribution in [0.5, 0.6) is 0 Å². The zero-order valence-corrected chi connectivity index (χ0v) is 20.6. The number of carbonyl (C=O) groups excluding carboxylic acids is 1. The smallest absolute Gasteiger partial charge is 0.222 e. The van der Waals surface area contributed by atoms with Gasteiger partial charge in [0.05, 0.1) is 5.92 Å². The number of aromatic nitrogens is 1. The summed E-state index contributed by atoms with van der Waals surface area (Å²) >= 11 is 0. The molecule has 3 N–H and O–H groups in total. The molecule has 0 bridgehead atoms. The van der Waals surface area contributed by atoms with Gasteiger partial charge in [-0.25, -0.2) is 4.98 Å². The van der Waals surface area contributed by atoms with E-state index in [1.165, 1.54) is 0 Å². The number of anilines is 1. The number of rotatable bonds is 4. The summed E-state index contributed by atoms with van der Waals surface area (Å²) in [5.41, 5.74) is 6.95. The molecular formula is C21H35IN6O. The largest absolute Gasteiger partial charge is 0.369 e. The summed E-state index contributed by atoms with van der Waals surface area (Å²) < 4.78 is 0. The van der Waals surface area contributed by atoms with Gasteiger partial charge >= 0.3 is 0 Å². The number of piperidine rings is 1. The van der Waals surface area contributed by atoms with Crippen molar-refractivity contribution in [1.29, 1.82) is 0 Å². The van der Waals surface area contributed by atoms with E-state index in [4.69, 9.17) is 5.73 Å². The highest BCUT2D eigenvalue weighted by Crippen LogP contribution is 2.46. The van der Waals surface area contributed by atoms with Crippen LogP contribution in [0.25, 0.3) is 0 Å². The van der Waals surface area contributed by atoms with Crippen LogP contribution in [-0.4, -0.2) is 54.0 Å². The number of nitrogens with two attached hydrogens (primary N) is 1. The number of guanidine groups is 1. The van der Waals surface area contributed by atoms with Crippen LogP contribution in [0, 0.1) is 11.3 Å². The van der Waals surface area contributed by atoms with Crippen molar-refractivity contribution in [3.05, 3.63) is 23.9 Å². The van der Waals surface area contributed by atoms with Crippen LogP contribution in [0.15, 0.2) is 23.3 Å². The molecule has 3 rings (SSSR count). The quantitative estimate of drug-likeness (QED) is 0.367. The van der Waals surface area contributed by atoms with E-state index in [-0.39, 0.29) is 46.8 Å². The Kier molecular flexibility index (Phi) is 7.40. The van der Waals surface area contributed by atoms with Gasteiger partial charge in [0.25, 0.3) is 0 Å². The summed E-state index contributed by atoms with van der Waals surface area (Å²) in [5.74, 6) is 1.52. The zero-order chi connectivity index (χ0) is 20.5. The van der Waals surface area contributed by atoms with Crippen LogP contribution in [0.3, 0.4) is 0 Å². The lowest BCUT2D eigenvalue weighted by Gasteiger charge is -2.62. The van der Waals surface area contributed by atoms with E-state index in [9.17, 15) is 4.79 Å². The number of hydrogen-bond donors (Lipinski definition) is 2. The van der Waals surface area contributed by atoms with Gasteiger partial charge in [-0.2, -0.15) is 0 Å².